The zero-order valence-electron chi connectivity index (χ0n) is 12.7. The maximum atomic E-state index is 13.6. The van der Waals surface area contributed by atoms with Gasteiger partial charge < -0.3 is 15.0 Å². The molecule has 1 heterocycles. The fourth-order valence-electron chi connectivity index (χ4n) is 2.55. The van der Waals surface area contributed by atoms with Gasteiger partial charge in [-0.25, -0.2) is 13.8 Å². The molecule has 0 spiro atoms. The Balaban J connectivity index is 2.05. The van der Waals surface area contributed by atoms with Crippen molar-refractivity contribution in [3.63, 3.8) is 0 Å². The van der Waals surface area contributed by atoms with Gasteiger partial charge in [0.05, 0.1) is 11.0 Å². The number of rotatable bonds is 5. The fourth-order valence-corrected chi connectivity index (χ4v) is 2.55. The van der Waals surface area contributed by atoms with Crippen molar-refractivity contribution in [2.75, 3.05) is 7.11 Å². The monoisotopic (exact) mass is 317 g/mol. The number of benzene rings is 2. The van der Waals surface area contributed by atoms with Crippen molar-refractivity contribution in [3.05, 3.63) is 65.0 Å². The summed E-state index contributed by atoms with van der Waals surface area (Å²) in [6, 6.07) is 10.1. The van der Waals surface area contributed by atoms with Gasteiger partial charge in [-0.15, -0.1) is 0 Å². The van der Waals surface area contributed by atoms with E-state index in [1.807, 2.05) is 28.8 Å². The van der Waals surface area contributed by atoms with Crippen LogP contribution >= 0.6 is 0 Å². The van der Waals surface area contributed by atoms with Gasteiger partial charge in [-0.05, 0) is 11.1 Å². The van der Waals surface area contributed by atoms with Crippen molar-refractivity contribution < 1.29 is 13.5 Å². The second-order valence-corrected chi connectivity index (χ2v) is 5.32. The van der Waals surface area contributed by atoms with Gasteiger partial charge in [-0.3, -0.25) is 0 Å². The SMILES string of the molecule is COCc1nc2cc(F)c(F)cc2n1Cc1ccc(CN)cc1. The molecule has 0 atom stereocenters. The first kappa shape index (κ1) is 15.6. The van der Waals surface area contributed by atoms with Gasteiger partial charge in [0.1, 0.15) is 12.4 Å². The smallest absolute Gasteiger partial charge is 0.161 e. The Hall–Kier alpha value is -2.31. The summed E-state index contributed by atoms with van der Waals surface area (Å²) in [5, 5.41) is 0. The highest BCUT2D eigenvalue weighted by Crippen LogP contribution is 2.22. The number of nitrogens with two attached hydrogens (primary N) is 1. The minimum Gasteiger partial charge on any atom is -0.377 e. The maximum Gasteiger partial charge on any atom is 0.161 e. The molecular weight excluding hydrogens is 300 g/mol. The molecule has 1 aromatic heterocycles. The van der Waals surface area contributed by atoms with E-state index in [1.54, 1.807) is 7.11 Å². The van der Waals surface area contributed by atoms with E-state index < -0.39 is 11.6 Å². The Morgan fingerprint density at radius 2 is 1.74 bits per heavy atom. The summed E-state index contributed by atoms with van der Waals surface area (Å²) in [6.07, 6.45) is 0. The van der Waals surface area contributed by atoms with Crippen LogP contribution in [0.4, 0.5) is 8.78 Å². The number of nitrogens with zero attached hydrogens (tertiary/aromatic N) is 2. The highest BCUT2D eigenvalue weighted by atomic mass is 19.2. The third-order valence-electron chi connectivity index (χ3n) is 3.74. The first-order valence-electron chi connectivity index (χ1n) is 7.23. The molecule has 0 aliphatic carbocycles. The molecule has 23 heavy (non-hydrogen) atoms. The maximum absolute atomic E-state index is 13.6. The minimum atomic E-state index is -0.904. The molecule has 120 valence electrons. The Bertz CT molecular complexity index is 828. The van der Waals surface area contributed by atoms with Crippen molar-refractivity contribution in [1.29, 1.82) is 0 Å². The largest absolute Gasteiger partial charge is 0.377 e. The van der Waals surface area contributed by atoms with Crippen LogP contribution in [0.3, 0.4) is 0 Å². The first-order valence-corrected chi connectivity index (χ1v) is 7.23. The van der Waals surface area contributed by atoms with E-state index in [4.69, 9.17) is 10.5 Å². The van der Waals surface area contributed by atoms with Crippen LogP contribution in [0.15, 0.2) is 36.4 Å². The van der Waals surface area contributed by atoms with Crippen molar-refractivity contribution >= 4 is 11.0 Å². The quantitative estimate of drug-likeness (QED) is 0.787. The molecule has 3 aromatic rings. The average molecular weight is 317 g/mol. The van der Waals surface area contributed by atoms with E-state index in [9.17, 15) is 8.78 Å². The summed E-state index contributed by atoms with van der Waals surface area (Å²) in [6.45, 7) is 1.23. The predicted molar refractivity (Wildman–Crippen MR) is 83.8 cm³/mol. The number of aromatic nitrogens is 2. The number of imidazole rings is 1. The van der Waals surface area contributed by atoms with Crippen molar-refractivity contribution in [1.82, 2.24) is 9.55 Å². The van der Waals surface area contributed by atoms with E-state index in [1.165, 1.54) is 6.07 Å². The molecule has 0 fully saturated rings. The van der Waals surface area contributed by atoms with E-state index in [0.29, 0.717) is 29.9 Å². The molecule has 0 aliphatic rings. The summed E-state index contributed by atoms with van der Waals surface area (Å²) in [7, 11) is 1.56. The number of hydrogen-bond donors (Lipinski definition) is 1. The molecule has 0 radical (unpaired) electrons. The second-order valence-electron chi connectivity index (χ2n) is 5.32. The molecular formula is C17H17F2N3O. The summed E-state index contributed by atoms with van der Waals surface area (Å²) in [5.41, 5.74) is 8.60. The normalized spacial score (nSPS) is 11.3. The Labute approximate surface area is 132 Å². The van der Waals surface area contributed by atoms with E-state index in [0.717, 1.165) is 17.2 Å². The van der Waals surface area contributed by atoms with Gasteiger partial charge in [-0.2, -0.15) is 0 Å². The molecule has 0 saturated carbocycles. The van der Waals surface area contributed by atoms with Crippen LogP contribution in [0.25, 0.3) is 11.0 Å². The fraction of sp³-hybridized carbons (Fsp3) is 0.235. The third-order valence-corrected chi connectivity index (χ3v) is 3.74. The molecule has 2 N–H and O–H groups in total. The van der Waals surface area contributed by atoms with E-state index >= 15 is 0 Å². The Kier molecular flexibility index (Phi) is 4.36. The lowest BCUT2D eigenvalue weighted by Gasteiger charge is -2.10. The van der Waals surface area contributed by atoms with E-state index in [-0.39, 0.29) is 6.61 Å². The standard InChI is InChI=1S/C17H17F2N3O/c1-23-10-17-21-15-6-13(18)14(19)7-16(15)22(17)9-12-4-2-11(8-20)3-5-12/h2-7H,8-10,20H2,1H3. The van der Waals surface area contributed by atoms with Crippen LogP contribution in [-0.4, -0.2) is 16.7 Å². The van der Waals surface area contributed by atoms with Gasteiger partial charge in [0.2, 0.25) is 0 Å². The van der Waals surface area contributed by atoms with Gasteiger partial charge in [0.25, 0.3) is 0 Å². The number of halogens is 2. The summed E-state index contributed by atoms with van der Waals surface area (Å²) in [4.78, 5) is 4.35. The summed E-state index contributed by atoms with van der Waals surface area (Å²) in [5.74, 6) is -1.17. The van der Waals surface area contributed by atoms with Gasteiger partial charge >= 0.3 is 0 Å². The first-order chi connectivity index (χ1) is 11.1. The molecule has 0 aliphatic heterocycles. The Morgan fingerprint density at radius 1 is 1.09 bits per heavy atom. The molecule has 0 amide bonds. The van der Waals surface area contributed by atoms with Crippen LogP contribution < -0.4 is 5.73 Å². The molecule has 6 heteroatoms. The number of ether oxygens (including phenoxy) is 1. The lowest BCUT2D eigenvalue weighted by atomic mass is 10.1. The van der Waals surface area contributed by atoms with Gasteiger partial charge in [-0.1, -0.05) is 24.3 Å². The van der Waals surface area contributed by atoms with Crippen molar-refractivity contribution in [2.45, 2.75) is 19.7 Å². The number of hydrogen-bond acceptors (Lipinski definition) is 3. The van der Waals surface area contributed by atoms with Crippen molar-refractivity contribution in [3.8, 4) is 0 Å². The average Bonchev–Trinajstić information content (AvgIpc) is 2.86. The molecule has 2 aromatic carbocycles. The van der Waals surface area contributed by atoms with E-state index in [2.05, 4.69) is 4.98 Å². The highest BCUT2D eigenvalue weighted by Gasteiger charge is 2.14. The third kappa shape index (κ3) is 3.09. The molecule has 0 unspecified atom stereocenters. The Morgan fingerprint density at radius 3 is 2.39 bits per heavy atom. The van der Waals surface area contributed by atoms with Crippen LogP contribution in [0.5, 0.6) is 0 Å². The van der Waals surface area contributed by atoms with Crippen molar-refractivity contribution in [2.24, 2.45) is 5.73 Å². The lowest BCUT2D eigenvalue weighted by molar-refractivity contribution is 0.175. The van der Waals surface area contributed by atoms with Crippen LogP contribution in [0.2, 0.25) is 0 Å². The minimum absolute atomic E-state index is 0.263. The molecule has 0 bridgehead atoms. The molecule has 4 nitrogen and oxygen atoms in total. The predicted octanol–water partition coefficient (Wildman–Crippen LogP) is 2.97. The summed E-state index contributed by atoms with van der Waals surface area (Å²) >= 11 is 0. The van der Waals surface area contributed by atoms with Gasteiger partial charge in [0.15, 0.2) is 11.6 Å². The topological polar surface area (TPSA) is 53.1 Å². The summed E-state index contributed by atoms with van der Waals surface area (Å²) < 4.78 is 34.0. The molecule has 3 rings (SSSR count). The molecule has 0 saturated heterocycles. The van der Waals surface area contributed by atoms with Crippen LogP contribution in [0.1, 0.15) is 17.0 Å². The number of fused-ring (bicyclic) bond motifs is 1. The van der Waals surface area contributed by atoms with Crippen LogP contribution in [-0.2, 0) is 24.4 Å². The number of methoxy groups -OCH3 is 1. The highest BCUT2D eigenvalue weighted by molar-refractivity contribution is 5.76. The lowest BCUT2D eigenvalue weighted by Crippen LogP contribution is -2.06. The zero-order chi connectivity index (χ0) is 16.4. The zero-order valence-corrected chi connectivity index (χ0v) is 12.7. The van der Waals surface area contributed by atoms with Gasteiger partial charge in [0, 0.05) is 32.3 Å². The second kappa shape index (κ2) is 6.44. The van der Waals surface area contributed by atoms with Crippen LogP contribution in [0, 0.1) is 11.6 Å².